The zero-order chi connectivity index (χ0) is 15.5. The Morgan fingerprint density at radius 1 is 1.09 bits per heavy atom. The summed E-state index contributed by atoms with van der Waals surface area (Å²) in [5, 5.41) is 15.6. The Kier molecular flexibility index (Phi) is 3.67. The molecule has 8 heteroatoms. The minimum Gasteiger partial charge on any atom is -0.477 e. The quantitative estimate of drug-likeness (QED) is 0.770. The fourth-order valence-corrected chi connectivity index (χ4v) is 2.55. The molecule has 1 amide bonds. The SMILES string of the molecule is O=C(O)c1ccc(C(=O)Nc2ccc(-n3cncn3)cc2)s1. The Balaban J connectivity index is 1.72. The maximum absolute atomic E-state index is 12.0. The van der Waals surface area contributed by atoms with Crippen LogP contribution in [0.25, 0.3) is 5.69 Å². The van der Waals surface area contributed by atoms with Gasteiger partial charge >= 0.3 is 5.97 Å². The zero-order valence-corrected chi connectivity index (χ0v) is 11.9. The highest BCUT2D eigenvalue weighted by atomic mass is 32.1. The average molecular weight is 314 g/mol. The number of rotatable bonds is 4. The van der Waals surface area contributed by atoms with Crippen LogP contribution < -0.4 is 5.32 Å². The van der Waals surface area contributed by atoms with Gasteiger partial charge in [-0.1, -0.05) is 0 Å². The van der Waals surface area contributed by atoms with E-state index in [9.17, 15) is 9.59 Å². The van der Waals surface area contributed by atoms with E-state index < -0.39 is 5.97 Å². The third-order valence-corrected chi connectivity index (χ3v) is 3.92. The Bertz CT molecular complexity index is 809. The molecule has 1 aromatic carbocycles. The van der Waals surface area contributed by atoms with Gasteiger partial charge < -0.3 is 10.4 Å². The molecule has 0 unspecified atom stereocenters. The van der Waals surface area contributed by atoms with Crippen molar-refractivity contribution in [3.8, 4) is 5.69 Å². The third-order valence-electron chi connectivity index (χ3n) is 2.85. The number of hydrogen-bond donors (Lipinski definition) is 2. The number of aromatic nitrogens is 3. The van der Waals surface area contributed by atoms with E-state index in [1.807, 2.05) is 0 Å². The van der Waals surface area contributed by atoms with E-state index in [2.05, 4.69) is 15.4 Å². The molecule has 0 atom stereocenters. The van der Waals surface area contributed by atoms with Crippen LogP contribution in [-0.2, 0) is 0 Å². The second-order valence-corrected chi connectivity index (χ2v) is 5.39. The summed E-state index contributed by atoms with van der Waals surface area (Å²) in [5.41, 5.74) is 1.43. The van der Waals surface area contributed by atoms with E-state index in [4.69, 9.17) is 5.11 Å². The van der Waals surface area contributed by atoms with Gasteiger partial charge in [0.05, 0.1) is 10.6 Å². The molecule has 3 aromatic rings. The normalized spacial score (nSPS) is 10.4. The number of aromatic carboxylic acids is 1. The molecule has 0 radical (unpaired) electrons. The van der Waals surface area contributed by atoms with Crippen LogP contribution in [0.4, 0.5) is 5.69 Å². The lowest BCUT2D eigenvalue weighted by molar-refractivity contribution is 0.0702. The van der Waals surface area contributed by atoms with Gasteiger partial charge in [0.25, 0.3) is 5.91 Å². The van der Waals surface area contributed by atoms with Crippen LogP contribution in [0.5, 0.6) is 0 Å². The van der Waals surface area contributed by atoms with E-state index in [0.717, 1.165) is 17.0 Å². The van der Waals surface area contributed by atoms with Gasteiger partial charge in [0.1, 0.15) is 17.5 Å². The van der Waals surface area contributed by atoms with Crippen LogP contribution in [0.3, 0.4) is 0 Å². The molecule has 2 heterocycles. The summed E-state index contributed by atoms with van der Waals surface area (Å²) >= 11 is 0.936. The maximum atomic E-state index is 12.0. The summed E-state index contributed by atoms with van der Waals surface area (Å²) in [4.78, 5) is 27.2. The number of carbonyl (C=O) groups excluding carboxylic acids is 1. The Labute approximate surface area is 128 Å². The molecule has 0 fully saturated rings. The highest BCUT2D eigenvalue weighted by molar-refractivity contribution is 7.15. The van der Waals surface area contributed by atoms with Gasteiger partial charge in [-0.05, 0) is 36.4 Å². The number of nitrogens with one attached hydrogen (secondary N) is 1. The fourth-order valence-electron chi connectivity index (χ4n) is 1.81. The molecule has 0 saturated carbocycles. The van der Waals surface area contributed by atoms with Gasteiger partial charge in [0.2, 0.25) is 0 Å². The summed E-state index contributed by atoms with van der Waals surface area (Å²) in [7, 11) is 0. The van der Waals surface area contributed by atoms with Gasteiger partial charge in [-0.15, -0.1) is 11.3 Å². The second-order valence-electron chi connectivity index (χ2n) is 4.31. The van der Waals surface area contributed by atoms with Crippen LogP contribution in [0.1, 0.15) is 19.3 Å². The molecule has 110 valence electrons. The number of anilines is 1. The molecule has 0 bridgehead atoms. The molecule has 0 aliphatic rings. The minimum absolute atomic E-state index is 0.131. The average Bonchev–Trinajstić information content (AvgIpc) is 3.20. The highest BCUT2D eigenvalue weighted by Gasteiger charge is 2.13. The van der Waals surface area contributed by atoms with Gasteiger partial charge in [-0.3, -0.25) is 4.79 Å². The number of carboxylic acids is 1. The molecule has 0 aliphatic carbocycles. The van der Waals surface area contributed by atoms with Crippen molar-refractivity contribution >= 4 is 28.9 Å². The Morgan fingerprint density at radius 2 is 1.82 bits per heavy atom. The van der Waals surface area contributed by atoms with Gasteiger partial charge in [-0.25, -0.2) is 14.5 Å². The molecular weight excluding hydrogens is 304 g/mol. The predicted octanol–water partition coefficient (Wildman–Crippen LogP) is 2.28. The predicted molar refractivity (Wildman–Crippen MR) is 80.6 cm³/mol. The number of amides is 1. The van der Waals surface area contributed by atoms with Crippen molar-refractivity contribution in [2.24, 2.45) is 0 Å². The molecule has 0 spiro atoms. The topological polar surface area (TPSA) is 97.1 Å². The van der Waals surface area contributed by atoms with Gasteiger partial charge in [0, 0.05) is 5.69 Å². The minimum atomic E-state index is -1.04. The standard InChI is InChI=1S/C14H10N4O3S/c19-13(11-5-6-12(22-11)14(20)21)17-9-1-3-10(4-2-9)18-8-15-7-16-18/h1-8H,(H,17,19)(H,20,21). The summed E-state index contributed by atoms with van der Waals surface area (Å²) in [5.74, 6) is -1.38. The number of carbonyl (C=O) groups is 2. The van der Waals surface area contributed by atoms with Crippen LogP contribution in [0.15, 0.2) is 49.1 Å². The summed E-state index contributed by atoms with van der Waals surface area (Å²) < 4.78 is 1.60. The van der Waals surface area contributed by atoms with Crippen LogP contribution in [-0.4, -0.2) is 31.7 Å². The smallest absolute Gasteiger partial charge is 0.345 e. The van der Waals surface area contributed by atoms with E-state index in [1.54, 1.807) is 35.3 Å². The Hall–Kier alpha value is -3.00. The molecular formula is C14H10N4O3S. The number of nitrogens with zero attached hydrogens (tertiary/aromatic N) is 3. The highest BCUT2D eigenvalue weighted by Crippen LogP contribution is 2.19. The van der Waals surface area contributed by atoms with Crippen molar-refractivity contribution in [3.05, 3.63) is 58.8 Å². The number of benzene rings is 1. The van der Waals surface area contributed by atoms with Crippen molar-refractivity contribution in [1.29, 1.82) is 0 Å². The molecule has 2 N–H and O–H groups in total. The second kappa shape index (κ2) is 5.78. The molecule has 0 saturated heterocycles. The van der Waals surface area contributed by atoms with E-state index >= 15 is 0 Å². The third kappa shape index (κ3) is 2.86. The lowest BCUT2D eigenvalue weighted by atomic mass is 10.2. The molecule has 7 nitrogen and oxygen atoms in total. The van der Waals surface area contributed by atoms with Crippen molar-refractivity contribution in [3.63, 3.8) is 0 Å². The number of thiophene rings is 1. The van der Waals surface area contributed by atoms with Crippen molar-refractivity contribution in [2.75, 3.05) is 5.32 Å². The van der Waals surface area contributed by atoms with Crippen molar-refractivity contribution < 1.29 is 14.7 Å². The van der Waals surface area contributed by atoms with Gasteiger partial charge in [-0.2, -0.15) is 5.10 Å². The van der Waals surface area contributed by atoms with Gasteiger partial charge in [0.15, 0.2) is 0 Å². The van der Waals surface area contributed by atoms with Crippen molar-refractivity contribution in [2.45, 2.75) is 0 Å². The zero-order valence-electron chi connectivity index (χ0n) is 11.1. The fraction of sp³-hybridized carbons (Fsp3) is 0. The first-order valence-corrected chi connectivity index (χ1v) is 7.05. The van der Waals surface area contributed by atoms with E-state index in [1.165, 1.54) is 18.5 Å². The summed E-state index contributed by atoms with van der Waals surface area (Å²) in [6.07, 6.45) is 3.01. The van der Waals surface area contributed by atoms with Crippen LogP contribution >= 0.6 is 11.3 Å². The monoisotopic (exact) mass is 314 g/mol. The number of hydrogen-bond acceptors (Lipinski definition) is 5. The van der Waals surface area contributed by atoms with E-state index in [-0.39, 0.29) is 10.8 Å². The molecule has 22 heavy (non-hydrogen) atoms. The summed E-state index contributed by atoms with van der Waals surface area (Å²) in [6, 6.07) is 9.97. The Morgan fingerprint density at radius 3 is 2.41 bits per heavy atom. The molecule has 2 aromatic heterocycles. The lowest BCUT2D eigenvalue weighted by Gasteiger charge is -2.05. The summed E-state index contributed by atoms with van der Waals surface area (Å²) in [6.45, 7) is 0. The van der Waals surface area contributed by atoms with Crippen LogP contribution in [0.2, 0.25) is 0 Å². The first-order chi connectivity index (χ1) is 10.6. The molecule has 0 aliphatic heterocycles. The first kappa shape index (κ1) is 14.0. The largest absolute Gasteiger partial charge is 0.477 e. The van der Waals surface area contributed by atoms with E-state index in [0.29, 0.717) is 10.6 Å². The maximum Gasteiger partial charge on any atom is 0.345 e. The first-order valence-electron chi connectivity index (χ1n) is 6.23. The number of carboxylic acid groups (broad SMARTS) is 1. The molecule has 3 rings (SSSR count). The van der Waals surface area contributed by atoms with Crippen molar-refractivity contribution in [1.82, 2.24) is 14.8 Å². The lowest BCUT2D eigenvalue weighted by Crippen LogP contribution is -2.10. The van der Waals surface area contributed by atoms with Crippen LogP contribution in [0, 0.1) is 0 Å².